The minimum absolute atomic E-state index is 0.0780. The van der Waals surface area contributed by atoms with Gasteiger partial charge < -0.3 is 0 Å². The second kappa shape index (κ2) is 4.42. The molecule has 0 N–H and O–H groups in total. The van der Waals surface area contributed by atoms with Crippen molar-refractivity contribution in [2.24, 2.45) is 0 Å². The number of nitrogens with zero attached hydrogens (tertiary/aromatic N) is 1. The summed E-state index contributed by atoms with van der Waals surface area (Å²) in [5, 5.41) is 9.87. The van der Waals surface area contributed by atoms with Gasteiger partial charge in [0.05, 0.1) is 4.92 Å². The highest BCUT2D eigenvalue weighted by molar-refractivity contribution is 7.90. The molecule has 0 bridgehead atoms. The highest BCUT2D eigenvalue weighted by Crippen LogP contribution is 2.28. The highest BCUT2D eigenvalue weighted by Gasteiger charge is 2.25. The van der Waals surface area contributed by atoms with Gasteiger partial charge in [-0.05, 0) is 30.2 Å². The molecular weight excluding hydrogens is 270 g/mol. The molecule has 0 radical (unpaired) electrons. The third-order valence-corrected chi connectivity index (χ3v) is 3.44. The maximum Gasteiger partial charge on any atom is 0.288 e. The molecule has 0 aliphatic carbocycles. The molecule has 17 heavy (non-hydrogen) atoms. The van der Waals surface area contributed by atoms with Crippen LogP contribution in [0.4, 0.5) is 5.69 Å². The van der Waals surface area contributed by atoms with Gasteiger partial charge in [-0.25, -0.2) is 8.42 Å². The minimum atomic E-state index is -3.74. The maximum absolute atomic E-state index is 11.4. The molecule has 1 rings (SSSR count). The predicted molar refractivity (Wildman–Crippen MR) is 61.1 cm³/mol. The number of aryl methyl sites for hydroxylation is 1. The number of carbonyl (C=O) groups excluding carboxylic acids is 1. The minimum Gasteiger partial charge on any atom is -0.276 e. The van der Waals surface area contributed by atoms with Gasteiger partial charge in [-0.2, -0.15) is 0 Å². The van der Waals surface area contributed by atoms with E-state index in [-0.39, 0.29) is 11.1 Å². The number of hydrogen-bond donors (Lipinski definition) is 0. The Morgan fingerprint density at radius 3 is 2.29 bits per heavy atom. The number of nitro groups is 1. The van der Waals surface area contributed by atoms with E-state index in [1.807, 2.05) is 0 Å². The Labute approximate surface area is 102 Å². The van der Waals surface area contributed by atoms with Crippen molar-refractivity contribution in [2.75, 3.05) is 6.26 Å². The Morgan fingerprint density at radius 2 is 1.94 bits per heavy atom. The van der Waals surface area contributed by atoms with Gasteiger partial charge in [0.2, 0.25) is 0 Å². The van der Waals surface area contributed by atoms with Gasteiger partial charge in [0.15, 0.2) is 9.84 Å². The number of carbonyl (C=O) groups is 1. The molecule has 92 valence electrons. The molecule has 1 aromatic carbocycles. The largest absolute Gasteiger partial charge is 0.288 e. The van der Waals surface area contributed by atoms with Gasteiger partial charge in [0, 0.05) is 17.9 Å². The number of sulfone groups is 1. The van der Waals surface area contributed by atoms with E-state index in [1.165, 1.54) is 6.92 Å². The second-order valence-electron chi connectivity index (χ2n) is 3.44. The third-order valence-electron chi connectivity index (χ3n) is 2.11. The van der Waals surface area contributed by atoms with Crippen LogP contribution in [-0.2, 0) is 9.84 Å². The average Bonchev–Trinajstić information content (AvgIpc) is 2.14. The molecule has 0 unspecified atom stereocenters. The van der Waals surface area contributed by atoms with Crippen molar-refractivity contribution >= 4 is 32.4 Å². The predicted octanol–water partition coefficient (Wildman–Crippen LogP) is 1.69. The molecule has 0 aliphatic rings. The Bertz CT molecular complexity index is 608. The molecule has 0 saturated heterocycles. The van der Waals surface area contributed by atoms with Crippen LogP contribution in [0.3, 0.4) is 0 Å². The van der Waals surface area contributed by atoms with E-state index in [0.29, 0.717) is 0 Å². The summed E-state index contributed by atoms with van der Waals surface area (Å²) in [4.78, 5) is 20.4. The molecule has 0 atom stereocenters. The van der Waals surface area contributed by atoms with E-state index >= 15 is 0 Å². The van der Waals surface area contributed by atoms with Crippen LogP contribution >= 0.6 is 11.6 Å². The molecule has 6 nitrogen and oxygen atoms in total. The lowest BCUT2D eigenvalue weighted by atomic mass is 10.1. The van der Waals surface area contributed by atoms with Crippen molar-refractivity contribution in [3.63, 3.8) is 0 Å². The summed E-state index contributed by atoms with van der Waals surface area (Å²) in [6, 6.07) is 1.95. The molecule has 0 fully saturated rings. The zero-order valence-electron chi connectivity index (χ0n) is 8.93. The molecule has 0 saturated carbocycles. The lowest BCUT2D eigenvalue weighted by molar-refractivity contribution is -0.387. The highest BCUT2D eigenvalue weighted by atomic mass is 35.5. The number of benzene rings is 1. The summed E-state index contributed by atoms with van der Waals surface area (Å²) < 4.78 is 22.7. The lowest BCUT2D eigenvalue weighted by Crippen LogP contribution is -2.06. The van der Waals surface area contributed by atoms with Crippen molar-refractivity contribution < 1.29 is 18.1 Å². The number of halogens is 1. The van der Waals surface area contributed by atoms with Crippen LogP contribution in [0.2, 0.25) is 0 Å². The summed E-state index contributed by atoms with van der Waals surface area (Å²) in [5.74, 6) is 0. The van der Waals surface area contributed by atoms with Crippen LogP contribution in [-0.4, -0.2) is 24.8 Å². The molecule has 1 aromatic rings. The fourth-order valence-electron chi connectivity index (χ4n) is 1.32. The van der Waals surface area contributed by atoms with E-state index in [1.54, 1.807) is 0 Å². The van der Waals surface area contributed by atoms with Crippen LogP contribution in [0.1, 0.15) is 15.9 Å². The SMILES string of the molecule is Cc1cc(S(C)(=O)=O)c([N+](=O)[O-])cc1C(=O)Cl. The Balaban J connectivity index is 3.70. The molecule has 0 aliphatic heterocycles. The standard InChI is InChI=1S/C9H8ClNO5S/c1-5-3-8(17(2,15)16)7(11(13)14)4-6(5)9(10)12/h3-4H,1-2H3. The van der Waals surface area contributed by atoms with Crippen LogP contribution in [0.25, 0.3) is 0 Å². The smallest absolute Gasteiger partial charge is 0.276 e. The van der Waals surface area contributed by atoms with Crippen molar-refractivity contribution in [1.29, 1.82) is 0 Å². The van der Waals surface area contributed by atoms with Crippen molar-refractivity contribution in [2.45, 2.75) is 11.8 Å². The van der Waals surface area contributed by atoms with Crippen LogP contribution < -0.4 is 0 Å². The molecule has 0 heterocycles. The topological polar surface area (TPSA) is 94.3 Å². The van der Waals surface area contributed by atoms with Crippen LogP contribution in [0.5, 0.6) is 0 Å². The summed E-state index contributed by atoms with van der Waals surface area (Å²) in [6.07, 6.45) is 0.858. The Hall–Kier alpha value is -1.47. The van der Waals surface area contributed by atoms with E-state index in [2.05, 4.69) is 0 Å². The first-order valence-corrected chi connectivity index (χ1v) is 6.60. The van der Waals surface area contributed by atoms with Crippen molar-refractivity contribution in [3.8, 4) is 0 Å². The zero-order chi connectivity index (χ0) is 13.4. The van der Waals surface area contributed by atoms with E-state index in [0.717, 1.165) is 18.4 Å². The first-order chi connectivity index (χ1) is 7.64. The van der Waals surface area contributed by atoms with E-state index < -0.39 is 30.6 Å². The fourth-order valence-corrected chi connectivity index (χ4v) is 2.43. The molecule has 0 spiro atoms. The molecule has 0 amide bonds. The van der Waals surface area contributed by atoms with Crippen molar-refractivity contribution in [3.05, 3.63) is 33.4 Å². The fraction of sp³-hybridized carbons (Fsp3) is 0.222. The number of rotatable bonds is 3. The monoisotopic (exact) mass is 277 g/mol. The van der Waals surface area contributed by atoms with Crippen LogP contribution in [0.15, 0.2) is 17.0 Å². The van der Waals surface area contributed by atoms with Crippen molar-refractivity contribution in [1.82, 2.24) is 0 Å². The Kier molecular flexibility index (Phi) is 3.53. The summed E-state index contributed by atoms with van der Waals surface area (Å²) >= 11 is 5.24. The van der Waals surface area contributed by atoms with Gasteiger partial charge in [-0.1, -0.05) is 0 Å². The lowest BCUT2D eigenvalue weighted by Gasteiger charge is -2.05. The molecule has 8 heteroatoms. The first kappa shape index (κ1) is 13.6. The second-order valence-corrected chi connectivity index (χ2v) is 5.77. The third kappa shape index (κ3) is 2.80. The molecular formula is C9H8ClNO5S. The van der Waals surface area contributed by atoms with Gasteiger partial charge >= 0.3 is 0 Å². The zero-order valence-corrected chi connectivity index (χ0v) is 10.5. The number of hydrogen-bond acceptors (Lipinski definition) is 5. The Morgan fingerprint density at radius 1 is 1.41 bits per heavy atom. The average molecular weight is 278 g/mol. The van der Waals surface area contributed by atoms with Gasteiger partial charge in [0.1, 0.15) is 4.90 Å². The summed E-state index contributed by atoms with van der Waals surface area (Å²) in [6.45, 7) is 1.45. The quantitative estimate of drug-likeness (QED) is 0.476. The van der Waals surface area contributed by atoms with Crippen LogP contribution in [0, 0.1) is 17.0 Å². The summed E-state index contributed by atoms with van der Waals surface area (Å²) in [7, 11) is -3.74. The van der Waals surface area contributed by atoms with Gasteiger partial charge in [0.25, 0.3) is 10.9 Å². The van der Waals surface area contributed by atoms with Gasteiger partial charge in [-0.3, -0.25) is 14.9 Å². The van der Waals surface area contributed by atoms with E-state index in [4.69, 9.17) is 11.6 Å². The molecule has 0 aromatic heterocycles. The van der Waals surface area contributed by atoms with Gasteiger partial charge in [-0.15, -0.1) is 0 Å². The first-order valence-electron chi connectivity index (χ1n) is 4.33. The normalized spacial score (nSPS) is 11.2. The maximum atomic E-state index is 11.4. The number of nitro benzene ring substituents is 1. The van der Waals surface area contributed by atoms with E-state index in [9.17, 15) is 23.3 Å². The summed E-state index contributed by atoms with van der Waals surface area (Å²) in [5.41, 5.74) is -0.455.